The van der Waals surface area contributed by atoms with Crippen molar-refractivity contribution in [1.82, 2.24) is 0 Å². The fourth-order valence-electron chi connectivity index (χ4n) is 13.4. The van der Waals surface area contributed by atoms with Crippen molar-refractivity contribution in [3.63, 3.8) is 0 Å². The van der Waals surface area contributed by atoms with Crippen LogP contribution < -0.4 is 4.74 Å². The van der Waals surface area contributed by atoms with Gasteiger partial charge < -0.3 is 58.0 Å². The molecule has 3 saturated carbocycles. The molecule has 1 spiro atoms. The number of carbonyl (C=O) groups is 2. The highest BCUT2D eigenvalue weighted by molar-refractivity contribution is 5.89. The normalized spacial score (nSPS) is 47.9. The number of esters is 2. The van der Waals surface area contributed by atoms with Gasteiger partial charge >= 0.3 is 11.9 Å². The smallest absolute Gasteiger partial charge is 0.338 e. The van der Waals surface area contributed by atoms with E-state index in [4.69, 9.17) is 42.6 Å². The maximum absolute atomic E-state index is 13.2. The van der Waals surface area contributed by atoms with Crippen LogP contribution >= 0.6 is 0 Å². The Kier molecular flexibility index (Phi) is 11.9. The van der Waals surface area contributed by atoms with E-state index in [1.165, 1.54) is 44.6 Å². The molecule has 8 aliphatic rings. The zero-order chi connectivity index (χ0) is 43.0. The van der Waals surface area contributed by atoms with E-state index in [0.29, 0.717) is 47.7 Å². The van der Waals surface area contributed by atoms with E-state index >= 15 is 0 Å². The van der Waals surface area contributed by atoms with Crippen molar-refractivity contribution in [3.8, 4) is 5.75 Å². The number of aliphatic hydroxyl groups is 3. The number of hydrogen-bond acceptors (Lipinski definition) is 14. The van der Waals surface area contributed by atoms with Gasteiger partial charge in [0.1, 0.15) is 30.2 Å². The third-order valence-electron chi connectivity index (χ3n) is 16.6. The lowest BCUT2D eigenvalue weighted by Gasteiger charge is -2.58. The second kappa shape index (κ2) is 16.7. The molecule has 4 aliphatic heterocycles. The van der Waals surface area contributed by atoms with Gasteiger partial charge in [-0.25, -0.2) is 4.79 Å². The summed E-state index contributed by atoms with van der Waals surface area (Å²) in [4.78, 5) is 25.8. The largest absolute Gasteiger partial charge is 0.497 e. The molecule has 4 saturated heterocycles. The number of fused-ring (bicyclic) bond motifs is 7. The minimum Gasteiger partial charge on any atom is -0.497 e. The molecule has 4 aliphatic carbocycles. The van der Waals surface area contributed by atoms with Crippen LogP contribution in [0.4, 0.5) is 0 Å². The van der Waals surface area contributed by atoms with Crippen molar-refractivity contribution in [2.24, 2.45) is 46.3 Å². The van der Waals surface area contributed by atoms with Crippen molar-refractivity contribution in [1.29, 1.82) is 0 Å². The molecule has 4 heterocycles. The Morgan fingerprint density at radius 3 is 2.26 bits per heavy atom. The molecular weight excluding hydrogens is 789 g/mol. The Morgan fingerprint density at radius 2 is 1.56 bits per heavy atom. The van der Waals surface area contributed by atoms with E-state index in [1.807, 2.05) is 0 Å². The Bertz CT molecular complexity index is 1790. The number of benzene rings is 1. The molecule has 338 valence electrons. The summed E-state index contributed by atoms with van der Waals surface area (Å²) in [6.07, 6.45) is 0.917. The molecule has 0 unspecified atom stereocenters. The fourth-order valence-corrected chi connectivity index (χ4v) is 13.4. The van der Waals surface area contributed by atoms with Crippen LogP contribution in [0.15, 0.2) is 35.9 Å². The van der Waals surface area contributed by atoms with Gasteiger partial charge in [0, 0.05) is 19.3 Å². The second-order valence-electron chi connectivity index (χ2n) is 20.1. The first-order valence-corrected chi connectivity index (χ1v) is 22.8. The minimum atomic E-state index is -1.58. The van der Waals surface area contributed by atoms with Crippen molar-refractivity contribution in [2.75, 3.05) is 26.9 Å². The summed E-state index contributed by atoms with van der Waals surface area (Å²) in [7, 11) is 1.50. The molecule has 0 radical (unpaired) electrons. The molecule has 14 heteroatoms. The standard InChI is InChI=1S/C47H66O14/c1-24-13-18-47(56-21-24)25(2)37-36(61-47)20-33-31-12-9-28-19-30(14-16-45(28,4)32(31)15-17-46(33,37)5)58-44-41(57-26(3)48)39(35(50)23-55-44)60-43-40(38(51)34(49)22-54-43)59-42(52)27-7-10-29(53-6)11-8-27/h7-11,24-25,30-41,43-44,49-51H,12-23H2,1-6H3/t24-,25+,30+,31-,32+,33+,34-,35+,36+,37+,38+,39+,40-,41-,43+,44+,45+,46+,47-/m1/s1. The van der Waals surface area contributed by atoms with E-state index in [2.05, 4.69) is 33.8 Å². The highest BCUT2D eigenvalue weighted by Gasteiger charge is 2.69. The Balaban J connectivity index is 0.874. The van der Waals surface area contributed by atoms with Crippen LogP contribution in [0.25, 0.3) is 0 Å². The molecule has 9 rings (SSSR count). The van der Waals surface area contributed by atoms with Crippen LogP contribution in [0.2, 0.25) is 0 Å². The predicted octanol–water partition coefficient (Wildman–Crippen LogP) is 5.08. The van der Waals surface area contributed by atoms with E-state index < -0.39 is 66.9 Å². The Hall–Kier alpha value is -2.66. The summed E-state index contributed by atoms with van der Waals surface area (Å²) in [6.45, 7) is 11.2. The molecule has 3 N–H and O–H groups in total. The molecule has 0 amide bonds. The first-order valence-electron chi connectivity index (χ1n) is 22.8. The van der Waals surface area contributed by atoms with Crippen molar-refractivity contribution in [3.05, 3.63) is 41.5 Å². The van der Waals surface area contributed by atoms with Crippen molar-refractivity contribution in [2.45, 2.75) is 160 Å². The third kappa shape index (κ3) is 7.67. The van der Waals surface area contributed by atoms with Crippen molar-refractivity contribution < 1.29 is 67.5 Å². The average Bonchev–Trinajstić information content (AvgIpc) is 3.69. The summed E-state index contributed by atoms with van der Waals surface area (Å²) < 4.78 is 54.8. The number of carbonyl (C=O) groups excluding carboxylic acids is 2. The van der Waals surface area contributed by atoms with E-state index in [1.54, 1.807) is 12.1 Å². The maximum Gasteiger partial charge on any atom is 0.338 e. The van der Waals surface area contributed by atoms with Gasteiger partial charge in [-0.2, -0.15) is 0 Å². The lowest BCUT2D eigenvalue weighted by atomic mass is 9.47. The molecule has 14 nitrogen and oxygen atoms in total. The van der Waals surface area contributed by atoms with Gasteiger partial charge in [-0.15, -0.1) is 0 Å². The highest BCUT2D eigenvalue weighted by Crippen LogP contribution is 2.70. The van der Waals surface area contributed by atoms with Gasteiger partial charge in [-0.3, -0.25) is 4.79 Å². The van der Waals surface area contributed by atoms with Gasteiger partial charge in [0.15, 0.2) is 30.6 Å². The van der Waals surface area contributed by atoms with Crippen LogP contribution in [-0.2, 0) is 42.7 Å². The molecule has 19 atom stereocenters. The Labute approximate surface area is 358 Å². The number of ether oxygens (including phenoxy) is 9. The quantitative estimate of drug-likeness (QED) is 0.233. The van der Waals surface area contributed by atoms with Crippen LogP contribution in [-0.4, -0.2) is 121 Å². The van der Waals surface area contributed by atoms with Gasteiger partial charge in [-0.1, -0.05) is 39.3 Å². The molecule has 0 bridgehead atoms. The highest BCUT2D eigenvalue weighted by atomic mass is 16.8. The van der Waals surface area contributed by atoms with Crippen LogP contribution in [0.3, 0.4) is 0 Å². The van der Waals surface area contributed by atoms with Crippen LogP contribution in [0.1, 0.15) is 103 Å². The van der Waals surface area contributed by atoms with E-state index in [-0.39, 0.29) is 41.8 Å². The second-order valence-corrected chi connectivity index (χ2v) is 20.1. The lowest BCUT2D eigenvalue weighted by Crippen LogP contribution is -2.62. The zero-order valence-corrected chi connectivity index (χ0v) is 36.4. The summed E-state index contributed by atoms with van der Waals surface area (Å²) >= 11 is 0. The first kappa shape index (κ1) is 43.6. The molecule has 7 fully saturated rings. The lowest BCUT2D eigenvalue weighted by molar-refractivity contribution is -0.339. The number of rotatable bonds is 8. The van der Waals surface area contributed by atoms with E-state index in [9.17, 15) is 24.9 Å². The Morgan fingerprint density at radius 1 is 0.820 bits per heavy atom. The number of allylic oxidation sites excluding steroid dienone is 1. The SMILES string of the molecule is COc1ccc(C(=O)O[C@H]2[C@H](O[C@@H]3[C@@H](OC(C)=O)[C@H](O[C@H]4CC[C@@]5(C)C(=CC[C@H]6[C@@H]7C[C@@H]8O[C@]9(CC[C@@H](C)CO9)[C@@H](C)[C@@H]8[C@@]7(C)CC[C@@H]65)C4)OC[C@@H]3O)OC[C@@H](O)[C@@H]2O)cc1. The number of methoxy groups -OCH3 is 1. The van der Waals surface area contributed by atoms with Crippen LogP contribution in [0, 0.1) is 46.3 Å². The summed E-state index contributed by atoms with van der Waals surface area (Å²) in [6, 6.07) is 6.18. The molecule has 61 heavy (non-hydrogen) atoms. The average molecular weight is 855 g/mol. The number of aliphatic hydroxyl groups excluding tert-OH is 3. The topological polar surface area (TPSA) is 178 Å². The summed E-state index contributed by atoms with van der Waals surface area (Å²) in [5.74, 6) is 1.96. The van der Waals surface area contributed by atoms with E-state index in [0.717, 1.165) is 45.1 Å². The van der Waals surface area contributed by atoms with Gasteiger partial charge in [-0.05, 0) is 116 Å². The monoisotopic (exact) mass is 854 g/mol. The van der Waals surface area contributed by atoms with Crippen molar-refractivity contribution >= 4 is 11.9 Å². The van der Waals surface area contributed by atoms with Gasteiger partial charge in [0.05, 0.1) is 44.7 Å². The molecule has 1 aromatic rings. The minimum absolute atomic E-state index is 0.0463. The van der Waals surface area contributed by atoms with Gasteiger partial charge in [0.2, 0.25) is 0 Å². The third-order valence-corrected chi connectivity index (χ3v) is 16.6. The summed E-state index contributed by atoms with van der Waals surface area (Å²) in [5, 5.41) is 32.7. The molecular formula is C47H66O14. The van der Waals surface area contributed by atoms with Gasteiger partial charge in [0.25, 0.3) is 0 Å². The molecule has 1 aromatic carbocycles. The first-order chi connectivity index (χ1) is 29.1. The molecule has 0 aromatic heterocycles. The number of hydrogen-bond donors (Lipinski definition) is 3. The maximum atomic E-state index is 13.2. The fraction of sp³-hybridized carbons (Fsp3) is 0.787. The van der Waals surface area contributed by atoms with Crippen LogP contribution in [0.5, 0.6) is 5.75 Å². The predicted molar refractivity (Wildman–Crippen MR) is 217 cm³/mol. The zero-order valence-electron chi connectivity index (χ0n) is 36.4. The summed E-state index contributed by atoms with van der Waals surface area (Å²) in [5.41, 5.74) is 1.86.